The number of aromatic nitrogens is 2. The highest BCUT2D eigenvalue weighted by molar-refractivity contribution is 7.14. The summed E-state index contributed by atoms with van der Waals surface area (Å²) in [5, 5.41) is 4.37. The zero-order valence-electron chi connectivity index (χ0n) is 18.7. The number of thiophene rings is 1. The SMILES string of the molecule is COC(=O)c1c(NC(=O)OCc2ccccc2)csc1-c1cnc(N2CCCCC2)nc1C. The molecule has 0 bridgehead atoms. The lowest BCUT2D eigenvalue weighted by Gasteiger charge is -2.26. The minimum atomic E-state index is -0.651. The molecule has 0 atom stereocenters. The Morgan fingerprint density at radius 2 is 1.91 bits per heavy atom. The maximum absolute atomic E-state index is 12.6. The van der Waals surface area contributed by atoms with E-state index in [4.69, 9.17) is 14.5 Å². The number of benzene rings is 1. The first-order valence-electron chi connectivity index (χ1n) is 10.8. The highest BCUT2D eigenvalue weighted by Gasteiger charge is 2.25. The van der Waals surface area contributed by atoms with Gasteiger partial charge in [0.05, 0.1) is 23.4 Å². The van der Waals surface area contributed by atoms with Gasteiger partial charge < -0.3 is 14.4 Å². The number of ether oxygens (including phenoxy) is 2. The van der Waals surface area contributed by atoms with Crippen molar-refractivity contribution in [3.05, 3.63) is 58.7 Å². The molecule has 33 heavy (non-hydrogen) atoms. The molecule has 172 valence electrons. The van der Waals surface area contributed by atoms with Gasteiger partial charge in [0.25, 0.3) is 0 Å². The number of hydrogen-bond donors (Lipinski definition) is 1. The van der Waals surface area contributed by atoms with E-state index >= 15 is 0 Å². The van der Waals surface area contributed by atoms with Gasteiger partial charge in [-0.3, -0.25) is 5.32 Å². The van der Waals surface area contributed by atoms with Crippen LogP contribution in [0.1, 0.15) is 40.9 Å². The molecule has 1 saturated heterocycles. The molecule has 0 radical (unpaired) electrons. The number of rotatable bonds is 6. The normalized spacial score (nSPS) is 13.5. The van der Waals surface area contributed by atoms with Crippen molar-refractivity contribution in [3.8, 4) is 10.4 Å². The smallest absolute Gasteiger partial charge is 0.412 e. The molecule has 0 aliphatic carbocycles. The van der Waals surface area contributed by atoms with Crippen LogP contribution in [0.2, 0.25) is 0 Å². The zero-order chi connectivity index (χ0) is 23.2. The van der Waals surface area contributed by atoms with Crippen molar-refractivity contribution >= 4 is 35.0 Å². The van der Waals surface area contributed by atoms with E-state index in [0.717, 1.165) is 42.8 Å². The van der Waals surface area contributed by atoms with Crippen LogP contribution in [0.3, 0.4) is 0 Å². The number of esters is 1. The number of nitrogens with zero attached hydrogens (tertiary/aromatic N) is 3. The van der Waals surface area contributed by atoms with Gasteiger partial charge in [0.15, 0.2) is 0 Å². The van der Waals surface area contributed by atoms with Crippen LogP contribution in [0.4, 0.5) is 16.4 Å². The Balaban J connectivity index is 1.55. The fraction of sp³-hybridized carbons (Fsp3) is 0.333. The number of nitrogens with one attached hydrogen (secondary N) is 1. The Labute approximate surface area is 196 Å². The number of methoxy groups -OCH3 is 1. The summed E-state index contributed by atoms with van der Waals surface area (Å²) < 4.78 is 10.3. The van der Waals surface area contributed by atoms with E-state index in [0.29, 0.717) is 16.5 Å². The molecule has 0 spiro atoms. The van der Waals surface area contributed by atoms with Gasteiger partial charge in [0.2, 0.25) is 5.95 Å². The lowest BCUT2D eigenvalue weighted by molar-refractivity contribution is 0.0603. The number of hydrogen-bond acceptors (Lipinski definition) is 8. The highest BCUT2D eigenvalue weighted by Crippen LogP contribution is 2.38. The van der Waals surface area contributed by atoms with Gasteiger partial charge in [-0.15, -0.1) is 11.3 Å². The maximum Gasteiger partial charge on any atom is 0.412 e. The quantitative estimate of drug-likeness (QED) is 0.509. The predicted molar refractivity (Wildman–Crippen MR) is 128 cm³/mol. The number of aryl methyl sites for hydroxylation is 1. The summed E-state index contributed by atoms with van der Waals surface area (Å²) in [7, 11) is 1.31. The van der Waals surface area contributed by atoms with Crippen LogP contribution in [-0.2, 0) is 16.1 Å². The molecule has 1 aliphatic heterocycles. The molecular weight excluding hydrogens is 440 g/mol. The van der Waals surface area contributed by atoms with Gasteiger partial charge in [-0.05, 0) is 31.7 Å². The number of piperidine rings is 1. The fourth-order valence-corrected chi connectivity index (χ4v) is 4.80. The molecule has 1 amide bonds. The molecule has 3 heterocycles. The molecule has 0 unspecified atom stereocenters. The molecule has 2 aromatic heterocycles. The van der Waals surface area contributed by atoms with E-state index in [2.05, 4.69) is 15.2 Å². The van der Waals surface area contributed by atoms with Crippen LogP contribution in [0.5, 0.6) is 0 Å². The van der Waals surface area contributed by atoms with Crippen molar-refractivity contribution in [2.45, 2.75) is 32.8 Å². The van der Waals surface area contributed by atoms with Gasteiger partial charge >= 0.3 is 12.1 Å². The van der Waals surface area contributed by atoms with Crippen molar-refractivity contribution in [3.63, 3.8) is 0 Å². The summed E-state index contributed by atoms with van der Waals surface area (Å²) in [6.07, 6.45) is 4.59. The molecule has 9 heteroatoms. The fourth-order valence-electron chi connectivity index (χ4n) is 3.75. The molecule has 1 fully saturated rings. The third kappa shape index (κ3) is 5.31. The average molecular weight is 467 g/mol. The topological polar surface area (TPSA) is 93.6 Å². The second-order valence-corrected chi connectivity index (χ2v) is 8.63. The van der Waals surface area contributed by atoms with E-state index in [1.54, 1.807) is 11.6 Å². The van der Waals surface area contributed by atoms with Crippen molar-refractivity contribution in [1.29, 1.82) is 0 Å². The summed E-state index contributed by atoms with van der Waals surface area (Å²) in [6.45, 7) is 3.92. The van der Waals surface area contributed by atoms with Crippen molar-refractivity contribution in [2.75, 3.05) is 30.4 Å². The minimum absolute atomic E-state index is 0.127. The summed E-state index contributed by atoms with van der Waals surface area (Å²) in [6, 6.07) is 9.37. The monoisotopic (exact) mass is 466 g/mol. The number of carbonyl (C=O) groups excluding carboxylic acids is 2. The van der Waals surface area contributed by atoms with Gasteiger partial charge in [-0.1, -0.05) is 30.3 Å². The second kappa shape index (κ2) is 10.4. The van der Waals surface area contributed by atoms with Gasteiger partial charge in [-0.2, -0.15) is 0 Å². The highest BCUT2D eigenvalue weighted by atomic mass is 32.1. The molecule has 1 aliphatic rings. The number of carbonyl (C=O) groups is 2. The Kier molecular flexibility index (Phi) is 7.19. The van der Waals surface area contributed by atoms with E-state index in [1.165, 1.54) is 24.9 Å². The minimum Gasteiger partial charge on any atom is -0.465 e. The first-order chi connectivity index (χ1) is 16.1. The van der Waals surface area contributed by atoms with Gasteiger partial charge in [-0.25, -0.2) is 19.6 Å². The lowest BCUT2D eigenvalue weighted by atomic mass is 10.1. The van der Waals surface area contributed by atoms with Crippen LogP contribution >= 0.6 is 11.3 Å². The van der Waals surface area contributed by atoms with Gasteiger partial charge in [0.1, 0.15) is 12.2 Å². The van der Waals surface area contributed by atoms with Crippen LogP contribution in [0, 0.1) is 6.92 Å². The summed E-state index contributed by atoms with van der Waals surface area (Å²) in [4.78, 5) is 37.1. The largest absolute Gasteiger partial charge is 0.465 e. The Morgan fingerprint density at radius 3 is 2.61 bits per heavy atom. The molecule has 8 nitrogen and oxygen atoms in total. The Morgan fingerprint density at radius 1 is 1.15 bits per heavy atom. The van der Waals surface area contributed by atoms with Crippen molar-refractivity contribution in [1.82, 2.24) is 9.97 Å². The van der Waals surface area contributed by atoms with E-state index in [-0.39, 0.29) is 12.2 Å². The number of anilines is 2. The number of amides is 1. The summed E-state index contributed by atoms with van der Waals surface area (Å²) in [5.74, 6) is 0.152. The summed E-state index contributed by atoms with van der Waals surface area (Å²) >= 11 is 1.32. The first-order valence-corrected chi connectivity index (χ1v) is 11.7. The van der Waals surface area contributed by atoms with Crippen LogP contribution in [0.15, 0.2) is 41.9 Å². The zero-order valence-corrected chi connectivity index (χ0v) is 19.5. The van der Waals surface area contributed by atoms with Crippen molar-refractivity contribution in [2.24, 2.45) is 0 Å². The third-order valence-electron chi connectivity index (χ3n) is 5.48. The molecular formula is C24H26N4O4S. The molecule has 1 N–H and O–H groups in total. The van der Waals surface area contributed by atoms with E-state index in [1.807, 2.05) is 37.3 Å². The third-order valence-corrected chi connectivity index (χ3v) is 6.49. The summed E-state index contributed by atoms with van der Waals surface area (Å²) in [5.41, 5.74) is 2.95. The maximum atomic E-state index is 12.6. The molecule has 4 rings (SSSR count). The van der Waals surface area contributed by atoms with E-state index < -0.39 is 12.1 Å². The standard InChI is InChI=1S/C24H26N4O4S/c1-16-18(13-25-23(26-16)28-11-7-4-8-12-28)21-20(22(29)31-2)19(15-33-21)27-24(30)32-14-17-9-5-3-6-10-17/h3,5-6,9-10,13,15H,4,7-8,11-12,14H2,1-2H3,(H,27,30). The van der Waals surface area contributed by atoms with Crippen LogP contribution in [0.25, 0.3) is 10.4 Å². The lowest BCUT2D eigenvalue weighted by Crippen LogP contribution is -2.31. The van der Waals surface area contributed by atoms with Gasteiger partial charge in [0, 0.05) is 30.2 Å². The predicted octanol–water partition coefficient (Wildman–Crippen LogP) is 5.04. The Bertz CT molecular complexity index is 1130. The van der Waals surface area contributed by atoms with Crippen molar-refractivity contribution < 1.29 is 19.1 Å². The second-order valence-electron chi connectivity index (χ2n) is 7.75. The molecule has 3 aromatic rings. The molecule has 0 saturated carbocycles. The van der Waals surface area contributed by atoms with Crippen LogP contribution in [-0.4, -0.2) is 42.2 Å². The first kappa shape index (κ1) is 22.7. The Hall–Kier alpha value is -3.46. The van der Waals surface area contributed by atoms with Crippen LogP contribution < -0.4 is 10.2 Å². The molecule has 1 aromatic carbocycles. The van der Waals surface area contributed by atoms with E-state index in [9.17, 15) is 9.59 Å². The average Bonchev–Trinajstić information content (AvgIpc) is 3.26.